The van der Waals surface area contributed by atoms with E-state index in [0.29, 0.717) is 10.6 Å². The highest BCUT2D eigenvalue weighted by molar-refractivity contribution is 6.31. The molecule has 5 heteroatoms. The first-order valence-electron chi connectivity index (χ1n) is 5.50. The van der Waals surface area contributed by atoms with Gasteiger partial charge < -0.3 is 5.32 Å². The third-order valence-electron chi connectivity index (χ3n) is 2.60. The Kier molecular flexibility index (Phi) is 3.81. The number of halogens is 3. The molecule has 0 bridgehead atoms. The zero-order valence-corrected chi connectivity index (χ0v) is 10.8. The molecule has 1 amide bonds. The van der Waals surface area contributed by atoms with Gasteiger partial charge in [0.15, 0.2) is 0 Å². The van der Waals surface area contributed by atoms with Crippen LogP contribution in [-0.2, 0) is 0 Å². The number of hydrogen-bond donors (Lipinski definition) is 1. The Balaban J connectivity index is 2.25. The largest absolute Gasteiger partial charge is 0.319 e. The molecule has 1 N–H and O–H groups in total. The summed E-state index contributed by atoms with van der Waals surface area (Å²) in [6, 6.07) is 7.78. The van der Waals surface area contributed by atoms with E-state index in [1.165, 1.54) is 30.3 Å². The Hall–Kier alpha value is -1.94. The average molecular weight is 282 g/mol. The Morgan fingerprint density at radius 1 is 1.11 bits per heavy atom. The number of anilines is 1. The number of carbonyl (C=O) groups excluding carboxylic acids is 1. The maximum atomic E-state index is 13.5. The van der Waals surface area contributed by atoms with Gasteiger partial charge in [-0.25, -0.2) is 8.78 Å². The maximum absolute atomic E-state index is 13.5. The van der Waals surface area contributed by atoms with Gasteiger partial charge in [-0.3, -0.25) is 4.79 Å². The lowest BCUT2D eigenvalue weighted by molar-refractivity contribution is 0.102. The van der Waals surface area contributed by atoms with Crippen LogP contribution in [-0.4, -0.2) is 5.91 Å². The van der Waals surface area contributed by atoms with Crippen LogP contribution >= 0.6 is 11.6 Å². The summed E-state index contributed by atoms with van der Waals surface area (Å²) in [5.74, 6) is -1.51. The monoisotopic (exact) mass is 281 g/mol. The van der Waals surface area contributed by atoms with Crippen LogP contribution in [0.2, 0.25) is 5.02 Å². The Labute approximate surface area is 114 Å². The molecule has 0 radical (unpaired) electrons. The quantitative estimate of drug-likeness (QED) is 0.879. The first-order chi connectivity index (χ1) is 8.97. The predicted molar refractivity (Wildman–Crippen MR) is 70.5 cm³/mol. The predicted octanol–water partition coefficient (Wildman–Crippen LogP) is 4.18. The first kappa shape index (κ1) is 13.5. The Bertz CT molecular complexity index is 643. The lowest BCUT2D eigenvalue weighted by atomic mass is 10.1. The van der Waals surface area contributed by atoms with Gasteiger partial charge in [-0.2, -0.15) is 0 Å². The van der Waals surface area contributed by atoms with Crippen LogP contribution in [0.15, 0.2) is 36.4 Å². The van der Waals surface area contributed by atoms with Crippen LogP contribution in [0, 0.1) is 18.6 Å². The van der Waals surface area contributed by atoms with Crippen molar-refractivity contribution in [2.75, 3.05) is 5.32 Å². The van der Waals surface area contributed by atoms with Gasteiger partial charge in [0, 0.05) is 10.6 Å². The second kappa shape index (κ2) is 5.36. The molecule has 0 aliphatic rings. The smallest absolute Gasteiger partial charge is 0.255 e. The fraction of sp³-hybridized carbons (Fsp3) is 0.0714. The lowest BCUT2D eigenvalue weighted by Crippen LogP contribution is -2.13. The van der Waals surface area contributed by atoms with E-state index in [1.54, 1.807) is 6.92 Å². The number of amides is 1. The van der Waals surface area contributed by atoms with Crippen molar-refractivity contribution in [2.24, 2.45) is 0 Å². The van der Waals surface area contributed by atoms with Gasteiger partial charge in [0.1, 0.15) is 11.6 Å². The van der Waals surface area contributed by atoms with Gasteiger partial charge in [0.25, 0.3) is 5.91 Å². The van der Waals surface area contributed by atoms with Gasteiger partial charge in [0.2, 0.25) is 0 Å². The Morgan fingerprint density at radius 2 is 1.79 bits per heavy atom. The van der Waals surface area contributed by atoms with E-state index in [-0.39, 0.29) is 11.3 Å². The summed E-state index contributed by atoms with van der Waals surface area (Å²) in [5.41, 5.74) is 0.581. The first-order valence-corrected chi connectivity index (χ1v) is 5.88. The molecule has 0 saturated carbocycles. The van der Waals surface area contributed by atoms with Crippen molar-refractivity contribution in [3.05, 3.63) is 64.2 Å². The molecule has 2 aromatic rings. The average Bonchev–Trinajstić information content (AvgIpc) is 2.37. The van der Waals surface area contributed by atoms with Crippen molar-refractivity contribution >= 4 is 23.2 Å². The molecule has 0 aliphatic carbocycles. The van der Waals surface area contributed by atoms with Crippen molar-refractivity contribution in [1.82, 2.24) is 0 Å². The van der Waals surface area contributed by atoms with Crippen LogP contribution in [0.3, 0.4) is 0 Å². The molecule has 0 unspecified atom stereocenters. The summed E-state index contributed by atoms with van der Waals surface area (Å²) in [4.78, 5) is 11.9. The van der Waals surface area contributed by atoms with E-state index in [2.05, 4.69) is 5.32 Å². The van der Waals surface area contributed by atoms with E-state index >= 15 is 0 Å². The van der Waals surface area contributed by atoms with Crippen molar-refractivity contribution < 1.29 is 13.6 Å². The standard InChI is InChI=1S/C14H10ClF2NO/c1-8-6-9(2-4-11(8)16)14(19)18-13-7-10(15)3-5-12(13)17/h2-7H,1H3,(H,18,19). The second-order valence-electron chi connectivity index (χ2n) is 4.04. The molecule has 0 aliphatic heterocycles. The maximum Gasteiger partial charge on any atom is 0.255 e. The van der Waals surface area contributed by atoms with E-state index in [9.17, 15) is 13.6 Å². The summed E-state index contributed by atoms with van der Waals surface area (Å²) in [6.07, 6.45) is 0. The van der Waals surface area contributed by atoms with Crippen LogP contribution in [0.25, 0.3) is 0 Å². The number of rotatable bonds is 2. The molecule has 0 saturated heterocycles. The minimum atomic E-state index is -0.586. The topological polar surface area (TPSA) is 29.1 Å². The van der Waals surface area contributed by atoms with E-state index < -0.39 is 17.5 Å². The van der Waals surface area contributed by atoms with E-state index in [4.69, 9.17) is 11.6 Å². The number of benzene rings is 2. The molecule has 2 rings (SSSR count). The highest BCUT2D eigenvalue weighted by atomic mass is 35.5. The molecule has 2 nitrogen and oxygen atoms in total. The summed E-state index contributed by atoms with van der Waals surface area (Å²) in [5, 5.41) is 2.71. The highest BCUT2D eigenvalue weighted by Crippen LogP contribution is 2.20. The summed E-state index contributed by atoms with van der Waals surface area (Å²) in [6.45, 7) is 1.55. The van der Waals surface area contributed by atoms with Gasteiger partial charge in [-0.15, -0.1) is 0 Å². The third-order valence-corrected chi connectivity index (χ3v) is 2.83. The van der Waals surface area contributed by atoms with Gasteiger partial charge in [-0.05, 0) is 48.9 Å². The number of carbonyl (C=O) groups is 1. The van der Waals surface area contributed by atoms with Crippen LogP contribution in [0.1, 0.15) is 15.9 Å². The highest BCUT2D eigenvalue weighted by Gasteiger charge is 2.11. The van der Waals surface area contributed by atoms with Gasteiger partial charge in [-0.1, -0.05) is 11.6 Å². The number of aryl methyl sites for hydroxylation is 1. The van der Waals surface area contributed by atoms with Gasteiger partial charge >= 0.3 is 0 Å². The van der Waals surface area contributed by atoms with E-state index in [0.717, 1.165) is 6.07 Å². The van der Waals surface area contributed by atoms with Crippen molar-refractivity contribution in [1.29, 1.82) is 0 Å². The zero-order valence-electron chi connectivity index (χ0n) is 10.0. The molecule has 0 atom stereocenters. The molecule has 98 valence electrons. The summed E-state index contributed by atoms with van der Waals surface area (Å²) in [7, 11) is 0. The van der Waals surface area contributed by atoms with Crippen molar-refractivity contribution in [2.45, 2.75) is 6.92 Å². The third kappa shape index (κ3) is 3.09. The van der Waals surface area contributed by atoms with Crippen molar-refractivity contribution in [3.8, 4) is 0 Å². The molecular formula is C14H10ClF2NO. The molecule has 19 heavy (non-hydrogen) atoms. The summed E-state index contributed by atoms with van der Waals surface area (Å²) < 4.78 is 26.6. The minimum absolute atomic E-state index is 0.0144. The van der Waals surface area contributed by atoms with Crippen LogP contribution < -0.4 is 5.32 Å². The summed E-state index contributed by atoms with van der Waals surface area (Å²) >= 11 is 5.72. The molecule has 2 aromatic carbocycles. The van der Waals surface area contributed by atoms with Gasteiger partial charge in [0.05, 0.1) is 5.69 Å². The fourth-order valence-electron chi connectivity index (χ4n) is 1.57. The SMILES string of the molecule is Cc1cc(C(=O)Nc2cc(Cl)ccc2F)ccc1F. The molecule has 0 fully saturated rings. The van der Waals surface area contributed by atoms with Crippen molar-refractivity contribution in [3.63, 3.8) is 0 Å². The number of nitrogens with one attached hydrogen (secondary N) is 1. The Morgan fingerprint density at radius 3 is 2.47 bits per heavy atom. The lowest BCUT2D eigenvalue weighted by Gasteiger charge is -2.07. The van der Waals surface area contributed by atoms with E-state index in [1.807, 2.05) is 0 Å². The second-order valence-corrected chi connectivity index (χ2v) is 4.48. The fourth-order valence-corrected chi connectivity index (χ4v) is 1.75. The molecule has 0 spiro atoms. The molecule has 0 aromatic heterocycles. The van der Waals surface area contributed by atoms with Crippen LogP contribution in [0.4, 0.5) is 14.5 Å². The minimum Gasteiger partial charge on any atom is -0.319 e. The molecular weight excluding hydrogens is 272 g/mol. The zero-order chi connectivity index (χ0) is 14.0. The number of hydrogen-bond acceptors (Lipinski definition) is 1. The van der Waals surface area contributed by atoms with Crippen LogP contribution in [0.5, 0.6) is 0 Å². The normalized spacial score (nSPS) is 10.3. The molecule has 0 heterocycles.